The second kappa shape index (κ2) is 6.39. The van der Waals surface area contributed by atoms with Gasteiger partial charge in [-0.05, 0) is 37.0 Å². The van der Waals surface area contributed by atoms with Gasteiger partial charge in [0.2, 0.25) is 10.0 Å². The van der Waals surface area contributed by atoms with Gasteiger partial charge in [0.25, 0.3) is 0 Å². The first-order chi connectivity index (χ1) is 9.12. The van der Waals surface area contributed by atoms with Gasteiger partial charge in [0.05, 0.1) is 5.25 Å². The van der Waals surface area contributed by atoms with Crippen LogP contribution in [0.1, 0.15) is 37.7 Å². The zero-order valence-electron chi connectivity index (χ0n) is 11.0. The largest absolute Gasteiger partial charge is 0.396 e. The van der Waals surface area contributed by atoms with Crippen LogP contribution in [0.25, 0.3) is 0 Å². The van der Waals surface area contributed by atoms with E-state index in [-0.39, 0.29) is 11.9 Å². The van der Waals surface area contributed by atoms with Crippen molar-refractivity contribution in [2.45, 2.75) is 43.8 Å². The normalized spacial score (nSPS) is 17.3. The van der Waals surface area contributed by atoms with Crippen LogP contribution in [0.5, 0.6) is 0 Å². The third-order valence-electron chi connectivity index (χ3n) is 3.61. The molecule has 0 aromatic heterocycles. The summed E-state index contributed by atoms with van der Waals surface area (Å²) >= 11 is 0. The number of rotatable bonds is 5. The van der Waals surface area contributed by atoms with Gasteiger partial charge in [-0.3, -0.25) is 4.72 Å². The standard InChI is InChI=1S/C14H21NO3S/c16-11-10-12-6-8-13(9-7-12)15-19(17,18)14-4-2-1-3-5-14/h6-9,14-16H,1-5,10-11H2. The summed E-state index contributed by atoms with van der Waals surface area (Å²) in [5.74, 6) is 0. The van der Waals surface area contributed by atoms with E-state index in [1.807, 2.05) is 12.1 Å². The lowest BCUT2D eigenvalue weighted by Gasteiger charge is -2.22. The Morgan fingerprint density at radius 3 is 2.32 bits per heavy atom. The van der Waals surface area contributed by atoms with Crippen molar-refractivity contribution in [2.24, 2.45) is 0 Å². The van der Waals surface area contributed by atoms with Crippen LogP contribution in [-0.4, -0.2) is 25.4 Å². The number of sulfonamides is 1. The molecule has 1 aliphatic carbocycles. The zero-order valence-corrected chi connectivity index (χ0v) is 11.8. The van der Waals surface area contributed by atoms with Crippen LogP contribution in [0.15, 0.2) is 24.3 Å². The Balaban J connectivity index is 2.02. The van der Waals surface area contributed by atoms with E-state index in [0.29, 0.717) is 12.1 Å². The summed E-state index contributed by atoms with van der Waals surface area (Å²) in [6, 6.07) is 7.20. The molecule has 106 valence electrons. The molecule has 1 aromatic carbocycles. The van der Waals surface area contributed by atoms with Crippen molar-refractivity contribution in [1.29, 1.82) is 0 Å². The van der Waals surface area contributed by atoms with Crippen molar-refractivity contribution in [1.82, 2.24) is 0 Å². The molecular weight excluding hydrogens is 262 g/mol. The molecule has 4 nitrogen and oxygen atoms in total. The highest BCUT2D eigenvalue weighted by Gasteiger charge is 2.26. The highest BCUT2D eigenvalue weighted by atomic mass is 32.2. The maximum absolute atomic E-state index is 12.2. The van der Waals surface area contributed by atoms with Crippen molar-refractivity contribution in [3.8, 4) is 0 Å². The fraction of sp³-hybridized carbons (Fsp3) is 0.571. The lowest BCUT2D eigenvalue weighted by atomic mass is 10.0. The minimum Gasteiger partial charge on any atom is -0.396 e. The predicted octanol–water partition coefficient (Wildman–Crippen LogP) is 2.30. The highest BCUT2D eigenvalue weighted by Crippen LogP contribution is 2.25. The summed E-state index contributed by atoms with van der Waals surface area (Å²) in [7, 11) is -3.26. The molecule has 0 aliphatic heterocycles. The summed E-state index contributed by atoms with van der Waals surface area (Å²) in [4.78, 5) is 0. The van der Waals surface area contributed by atoms with E-state index in [1.54, 1.807) is 12.1 Å². The molecular formula is C14H21NO3S. The Morgan fingerprint density at radius 1 is 1.11 bits per heavy atom. The second-order valence-corrected chi connectivity index (χ2v) is 7.04. The molecule has 1 fully saturated rings. The SMILES string of the molecule is O=S(=O)(Nc1ccc(CCO)cc1)C1CCCCC1. The van der Waals surface area contributed by atoms with Gasteiger partial charge in [-0.15, -0.1) is 0 Å². The summed E-state index contributed by atoms with van der Waals surface area (Å²) < 4.78 is 27.1. The monoisotopic (exact) mass is 283 g/mol. The van der Waals surface area contributed by atoms with Gasteiger partial charge in [-0.25, -0.2) is 8.42 Å². The van der Waals surface area contributed by atoms with Crippen molar-refractivity contribution in [2.75, 3.05) is 11.3 Å². The number of nitrogens with one attached hydrogen (secondary N) is 1. The summed E-state index contributed by atoms with van der Waals surface area (Å²) in [5.41, 5.74) is 1.61. The lowest BCUT2D eigenvalue weighted by Crippen LogP contribution is -2.29. The zero-order chi connectivity index (χ0) is 13.7. The van der Waals surface area contributed by atoms with Gasteiger partial charge < -0.3 is 5.11 Å². The average Bonchev–Trinajstić information content (AvgIpc) is 2.42. The van der Waals surface area contributed by atoms with E-state index >= 15 is 0 Å². The summed E-state index contributed by atoms with van der Waals surface area (Å²) in [6.07, 6.45) is 5.26. The molecule has 0 unspecified atom stereocenters. The lowest BCUT2D eigenvalue weighted by molar-refractivity contribution is 0.299. The Bertz CT molecular complexity index is 490. The molecule has 1 saturated carbocycles. The van der Waals surface area contributed by atoms with Crippen LogP contribution in [0.2, 0.25) is 0 Å². The van der Waals surface area contributed by atoms with E-state index in [9.17, 15) is 8.42 Å². The van der Waals surface area contributed by atoms with Gasteiger partial charge in [0.15, 0.2) is 0 Å². The van der Waals surface area contributed by atoms with Crippen molar-refractivity contribution < 1.29 is 13.5 Å². The van der Waals surface area contributed by atoms with Crippen LogP contribution >= 0.6 is 0 Å². The van der Waals surface area contributed by atoms with Gasteiger partial charge in [0, 0.05) is 12.3 Å². The topological polar surface area (TPSA) is 66.4 Å². The summed E-state index contributed by atoms with van der Waals surface area (Å²) in [5, 5.41) is 8.58. The molecule has 2 N–H and O–H groups in total. The molecule has 0 saturated heterocycles. The first-order valence-corrected chi connectivity index (χ1v) is 8.38. The number of aliphatic hydroxyl groups is 1. The van der Waals surface area contributed by atoms with Crippen LogP contribution in [0, 0.1) is 0 Å². The smallest absolute Gasteiger partial charge is 0.235 e. The molecule has 1 aliphatic rings. The molecule has 0 amide bonds. The Hall–Kier alpha value is -1.07. The third-order valence-corrected chi connectivity index (χ3v) is 5.47. The molecule has 1 aromatic rings. The number of aliphatic hydroxyl groups excluding tert-OH is 1. The van der Waals surface area contributed by atoms with E-state index in [0.717, 1.165) is 37.7 Å². The maximum Gasteiger partial charge on any atom is 0.235 e. The quantitative estimate of drug-likeness (QED) is 0.871. The molecule has 0 spiro atoms. The summed E-state index contributed by atoms with van der Waals surface area (Å²) in [6.45, 7) is 0.104. The van der Waals surface area contributed by atoms with E-state index in [4.69, 9.17) is 5.11 Å². The van der Waals surface area contributed by atoms with Gasteiger partial charge in [-0.2, -0.15) is 0 Å². The Morgan fingerprint density at radius 2 is 1.74 bits per heavy atom. The van der Waals surface area contributed by atoms with Crippen molar-refractivity contribution >= 4 is 15.7 Å². The Kier molecular flexibility index (Phi) is 4.82. The van der Waals surface area contributed by atoms with Crippen LogP contribution in [0.3, 0.4) is 0 Å². The van der Waals surface area contributed by atoms with E-state index in [2.05, 4.69) is 4.72 Å². The molecule has 0 heterocycles. The number of anilines is 1. The molecule has 0 bridgehead atoms. The van der Waals surface area contributed by atoms with Crippen LogP contribution in [0.4, 0.5) is 5.69 Å². The maximum atomic E-state index is 12.2. The predicted molar refractivity (Wildman–Crippen MR) is 76.6 cm³/mol. The molecule has 19 heavy (non-hydrogen) atoms. The minimum absolute atomic E-state index is 0.104. The first-order valence-electron chi connectivity index (χ1n) is 6.83. The Labute approximate surface area is 114 Å². The van der Waals surface area contributed by atoms with Crippen molar-refractivity contribution in [3.63, 3.8) is 0 Å². The third kappa shape index (κ3) is 3.94. The van der Waals surface area contributed by atoms with Crippen LogP contribution < -0.4 is 4.72 Å². The fourth-order valence-electron chi connectivity index (χ4n) is 2.49. The molecule has 0 atom stereocenters. The van der Waals surface area contributed by atoms with E-state index in [1.165, 1.54) is 0 Å². The van der Waals surface area contributed by atoms with Gasteiger partial charge in [-0.1, -0.05) is 31.4 Å². The van der Waals surface area contributed by atoms with E-state index < -0.39 is 10.0 Å². The molecule has 5 heteroatoms. The highest BCUT2D eigenvalue weighted by molar-refractivity contribution is 7.93. The molecule has 2 rings (SSSR count). The first kappa shape index (κ1) is 14.3. The second-order valence-electron chi connectivity index (χ2n) is 5.08. The van der Waals surface area contributed by atoms with Gasteiger partial charge >= 0.3 is 0 Å². The van der Waals surface area contributed by atoms with Gasteiger partial charge in [0.1, 0.15) is 0 Å². The number of hydrogen-bond acceptors (Lipinski definition) is 3. The average molecular weight is 283 g/mol. The minimum atomic E-state index is -3.26. The number of benzene rings is 1. The fourth-order valence-corrected chi connectivity index (χ4v) is 4.08. The van der Waals surface area contributed by atoms with Crippen LogP contribution in [-0.2, 0) is 16.4 Å². The molecule has 0 radical (unpaired) electrons. The number of hydrogen-bond donors (Lipinski definition) is 2. The van der Waals surface area contributed by atoms with Crippen molar-refractivity contribution in [3.05, 3.63) is 29.8 Å².